The Hall–Kier alpha value is -0.790. The van der Waals surface area contributed by atoms with Crippen molar-refractivity contribution in [3.05, 3.63) is 18.6 Å². The molecule has 51 valence electrons. The van der Waals surface area contributed by atoms with Gasteiger partial charge in [-0.2, -0.15) is 0 Å². The van der Waals surface area contributed by atoms with Gasteiger partial charge < -0.3 is 5.11 Å². The van der Waals surface area contributed by atoms with Crippen LogP contribution in [0.25, 0.3) is 0 Å². The smallest absolute Gasteiger partial charge is 0.307 e. The van der Waals surface area contributed by atoms with E-state index < -0.39 is 5.97 Å². The second-order valence-electron chi connectivity index (χ2n) is 1.69. The van der Waals surface area contributed by atoms with Crippen molar-refractivity contribution in [2.45, 2.75) is 19.8 Å². The summed E-state index contributed by atoms with van der Waals surface area (Å²) >= 11 is 0. The largest absolute Gasteiger partial charge is 0.481 e. The molecule has 0 fully saturated rings. The maximum absolute atomic E-state index is 9.88. The van der Waals surface area contributed by atoms with Crippen molar-refractivity contribution in [2.24, 2.45) is 0 Å². The molecule has 2 nitrogen and oxygen atoms in total. The van der Waals surface area contributed by atoms with E-state index in [1.54, 1.807) is 0 Å². The molecule has 0 heterocycles. The highest BCUT2D eigenvalue weighted by atomic mass is 16.4. The van der Waals surface area contributed by atoms with Crippen LogP contribution in [0.2, 0.25) is 0 Å². The lowest BCUT2D eigenvalue weighted by molar-refractivity contribution is -0.133. The van der Waals surface area contributed by atoms with E-state index in [9.17, 15) is 4.79 Å². The van der Waals surface area contributed by atoms with Crippen LogP contribution in [0.15, 0.2) is 12.2 Å². The Morgan fingerprint density at radius 3 is 2.67 bits per heavy atom. The molecule has 0 amide bonds. The van der Waals surface area contributed by atoms with Gasteiger partial charge in [0, 0.05) is 0 Å². The molecule has 2 heteroatoms. The first-order chi connectivity index (χ1) is 4.27. The summed E-state index contributed by atoms with van der Waals surface area (Å²) in [7, 11) is 0. The molecule has 9 heavy (non-hydrogen) atoms. The lowest BCUT2D eigenvalue weighted by atomic mass is 10.2. The molecule has 0 aliphatic rings. The average molecular weight is 127 g/mol. The molecule has 0 saturated carbocycles. The van der Waals surface area contributed by atoms with Crippen molar-refractivity contribution in [2.75, 3.05) is 0 Å². The molecular formula is C7H11O2. The Kier molecular flexibility index (Phi) is 4.88. The molecular weight excluding hydrogens is 116 g/mol. The normalized spacial score (nSPS) is 10.3. The lowest BCUT2D eigenvalue weighted by Gasteiger charge is -1.87. The fourth-order valence-electron chi connectivity index (χ4n) is 0.470. The minimum Gasteiger partial charge on any atom is -0.481 e. The Morgan fingerprint density at radius 1 is 1.56 bits per heavy atom. The van der Waals surface area contributed by atoms with Gasteiger partial charge >= 0.3 is 5.97 Å². The number of carboxylic acids is 1. The number of hydrogen-bond acceptors (Lipinski definition) is 1. The van der Waals surface area contributed by atoms with E-state index >= 15 is 0 Å². The highest BCUT2D eigenvalue weighted by molar-refractivity contribution is 5.76. The van der Waals surface area contributed by atoms with Crippen molar-refractivity contribution in [3.63, 3.8) is 0 Å². The van der Waals surface area contributed by atoms with Crippen LogP contribution in [0.5, 0.6) is 0 Å². The predicted octanol–water partition coefficient (Wildman–Crippen LogP) is 1.63. The minimum atomic E-state index is -0.834. The summed E-state index contributed by atoms with van der Waals surface area (Å²) in [5.41, 5.74) is 0. The van der Waals surface area contributed by atoms with Crippen LogP contribution in [0.4, 0.5) is 0 Å². The van der Waals surface area contributed by atoms with Crippen molar-refractivity contribution < 1.29 is 9.90 Å². The zero-order valence-electron chi connectivity index (χ0n) is 5.50. The van der Waals surface area contributed by atoms with Gasteiger partial charge in [0.15, 0.2) is 0 Å². The van der Waals surface area contributed by atoms with Gasteiger partial charge in [0.1, 0.15) is 0 Å². The van der Waals surface area contributed by atoms with Gasteiger partial charge in [0.05, 0.1) is 6.42 Å². The molecule has 0 spiro atoms. The van der Waals surface area contributed by atoms with Crippen LogP contribution in [0.3, 0.4) is 0 Å². The Bertz CT molecular complexity index is 105. The monoisotopic (exact) mass is 127 g/mol. The summed E-state index contributed by atoms with van der Waals surface area (Å²) in [5.74, 6) is -0.834. The number of hydrogen-bond donors (Lipinski definition) is 1. The molecule has 1 radical (unpaired) electrons. The van der Waals surface area contributed by atoms with Gasteiger partial charge in [0.2, 0.25) is 0 Å². The summed E-state index contributed by atoms with van der Waals surface area (Å²) in [4.78, 5) is 9.88. The third-order valence-corrected chi connectivity index (χ3v) is 0.888. The number of rotatable bonds is 4. The lowest BCUT2D eigenvalue weighted by Crippen LogP contribution is -1.93. The van der Waals surface area contributed by atoms with Crippen LogP contribution in [0, 0.1) is 6.42 Å². The highest BCUT2D eigenvalue weighted by Gasteiger charge is 1.93. The van der Waals surface area contributed by atoms with E-state index in [1.165, 1.54) is 6.42 Å². The number of carbonyl (C=O) groups is 1. The first kappa shape index (κ1) is 8.21. The van der Waals surface area contributed by atoms with Gasteiger partial charge in [0.25, 0.3) is 0 Å². The van der Waals surface area contributed by atoms with Gasteiger partial charge in [-0.05, 0) is 19.8 Å². The number of carboxylic acid groups (broad SMARTS) is 1. The van der Waals surface area contributed by atoms with E-state index in [1.807, 2.05) is 19.1 Å². The highest BCUT2D eigenvalue weighted by Crippen LogP contribution is 1.94. The van der Waals surface area contributed by atoms with Crippen molar-refractivity contribution in [1.82, 2.24) is 0 Å². The van der Waals surface area contributed by atoms with Crippen LogP contribution in [-0.4, -0.2) is 11.1 Å². The Morgan fingerprint density at radius 2 is 2.22 bits per heavy atom. The third-order valence-electron chi connectivity index (χ3n) is 0.888. The van der Waals surface area contributed by atoms with Crippen LogP contribution >= 0.6 is 0 Å². The fraction of sp³-hybridized carbons (Fsp3) is 0.429. The van der Waals surface area contributed by atoms with E-state index in [0.717, 1.165) is 6.42 Å². The van der Waals surface area contributed by atoms with E-state index in [2.05, 4.69) is 0 Å². The summed E-state index contributed by atoms with van der Waals surface area (Å²) in [6, 6.07) is 0. The second kappa shape index (κ2) is 5.35. The molecule has 1 N–H and O–H groups in total. The van der Waals surface area contributed by atoms with Gasteiger partial charge in [-0.25, -0.2) is 0 Å². The second-order valence-corrected chi connectivity index (χ2v) is 1.69. The Balaban J connectivity index is 3.01. The van der Waals surface area contributed by atoms with E-state index in [0.29, 0.717) is 6.42 Å². The van der Waals surface area contributed by atoms with Gasteiger partial charge in [-0.3, -0.25) is 4.79 Å². The number of allylic oxidation sites excluding steroid dienone is 2. The first-order valence-electron chi connectivity index (χ1n) is 2.94. The van der Waals surface area contributed by atoms with E-state index in [4.69, 9.17) is 5.11 Å². The zero-order valence-corrected chi connectivity index (χ0v) is 5.50. The summed E-state index contributed by atoms with van der Waals surface area (Å²) < 4.78 is 0. The van der Waals surface area contributed by atoms with Crippen LogP contribution < -0.4 is 0 Å². The number of unbranched alkanes of at least 4 members (excludes halogenated alkanes) is 1. The molecule has 0 bridgehead atoms. The Labute approximate surface area is 55.2 Å². The molecule has 0 rings (SSSR count). The molecule has 0 aromatic heterocycles. The molecule has 0 aromatic carbocycles. The maximum Gasteiger partial charge on any atom is 0.307 e. The average Bonchev–Trinajstić information content (AvgIpc) is 1.80. The third kappa shape index (κ3) is 7.21. The fourth-order valence-corrected chi connectivity index (χ4v) is 0.470. The summed E-state index contributed by atoms with van der Waals surface area (Å²) in [5, 5.41) is 8.13. The van der Waals surface area contributed by atoms with Gasteiger partial charge in [-0.15, -0.1) is 0 Å². The van der Waals surface area contributed by atoms with Crippen molar-refractivity contribution >= 4 is 5.97 Å². The number of aliphatic carboxylic acids is 1. The standard InChI is InChI=1S/C7H11O2/c1-2-3-4-5-6-7(8)9/h2-3,6H,4-5H2,1H3,(H,8,9)/b3-2-. The van der Waals surface area contributed by atoms with E-state index in [-0.39, 0.29) is 0 Å². The van der Waals surface area contributed by atoms with Crippen molar-refractivity contribution in [1.29, 1.82) is 0 Å². The van der Waals surface area contributed by atoms with Gasteiger partial charge in [-0.1, -0.05) is 12.2 Å². The molecule has 0 aromatic rings. The quantitative estimate of drug-likeness (QED) is 0.460. The molecule has 0 aliphatic carbocycles. The summed E-state index contributed by atoms with van der Waals surface area (Å²) in [6.45, 7) is 1.92. The zero-order chi connectivity index (χ0) is 7.11. The molecule has 0 saturated heterocycles. The minimum absolute atomic E-state index is 0.625. The first-order valence-corrected chi connectivity index (χ1v) is 2.94. The molecule has 0 aliphatic heterocycles. The SMILES string of the molecule is C/C=C\CC[CH]C(=O)O. The van der Waals surface area contributed by atoms with Crippen LogP contribution in [-0.2, 0) is 4.79 Å². The predicted molar refractivity (Wildman–Crippen MR) is 36.0 cm³/mol. The molecule has 0 atom stereocenters. The summed E-state index contributed by atoms with van der Waals surface area (Å²) in [6.07, 6.45) is 6.57. The molecule has 0 unspecified atom stereocenters. The van der Waals surface area contributed by atoms with Crippen molar-refractivity contribution in [3.8, 4) is 0 Å². The topological polar surface area (TPSA) is 37.3 Å². The van der Waals surface area contributed by atoms with Crippen LogP contribution in [0.1, 0.15) is 19.8 Å². The maximum atomic E-state index is 9.88.